The number of amides is 1. The minimum absolute atomic E-state index is 0.152. The first-order valence-corrected chi connectivity index (χ1v) is 10.2. The third-order valence-corrected chi connectivity index (χ3v) is 7.04. The lowest BCUT2D eigenvalue weighted by Crippen LogP contribution is -2.61. The second kappa shape index (κ2) is 7.64. The van der Waals surface area contributed by atoms with E-state index >= 15 is 0 Å². The molecule has 0 aromatic carbocycles. The van der Waals surface area contributed by atoms with Gasteiger partial charge in [-0.3, -0.25) is 9.78 Å². The van der Waals surface area contributed by atoms with Crippen LogP contribution in [0.15, 0.2) is 24.5 Å². The number of carbonyl (C=O) groups is 1. The van der Waals surface area contributed by atoms with Crippen molar-refractivity contribution in [1.82, 2.24) is 9.88 Å². The van der Waals surface area contributed by atoms with Gasteiger partial charge in [-0.25, -0.2) is 0 Å². The Labute approximate surface area is 153 Å². The molecule has 0 bridgehead atoms. The molecule has 0 N–H and O–H groups in total. The largest absolute Gasteiger partial charge is 0.373 e. The molecule has 1 aromatic heterocycles. The highest BCUT2D eigenvalue weighted by molar-refractivity contribution is 8.01. The summed E-state index contributed by atoms with van der Waals surface area (Å²) in [5.74, 6) is 1.17. The first-order valence-electron chi connectivity index (χ1n) is 9.26. The van der Waals surface area contributed by atoms with E-state index in [2.05, 4.69) is 4.98 Å². The van der Waals surface area contributed by atoms with Crippen LogP contribution in [-0.4, -0.2) is 58.2 Å². The molecule has 1 saturated carbocycles. The SMILES string of the molecule is O=C(COC1CCCC1)N1CC2(C[C@@H](OCc3ccncc3)CS2)C1. The van der Waals surface area contributed by atoms with Gasteiger partial charge in [-0.15, -0.1) is 11.8 Å². The maximum absolute atomic E-state index is 12.3. The molecule has 25 heavy (non-hydrogen) atoms. The van der Waals surface area contributed by atoms with Crippen LogP contribution in [0.1, 0.15) is 37.7 Å². The Hall–Kier alpha value is -1.11. The third kappa shape index (κ3) is 4.18. The number of hydrogen-bond donors (Lipinski definition) is 0. The van der Waals surface area contributed by atoms with E-state index in [-0.39, 0.29) is 23.4 Å². The number of hydrogen-bond acceptors (Lipinski definition) is 5. The quantitative estimate of drug-likeness (QED) is 0.779. The molecule has 136 valence electrons. The topological polar surface area (TPSA) is 51.7 Å². The Morgan fingerprint density at radius 3 is 2.72 bits per heavy atom. The Kier molecular flexibility index (Phi) is 5.29. The van der Waals surface area contributed by atoms with Gasteiger partial charge in [0, 0.05) is 31.2 Å². The highest BCUT2D eigenvalue weighted by Crippen LogP contribution is 2.46. The van der Waals surface area contributed by atoms with Crippen molar-refractivity contribution >= 4 is 17.7 Å². The molecular formula is C19H26N2O3S. The first kappa shape index (κ1) is 17.3. The van der Waals surface area contributed by atoms with Crippen molar-refractivity contribution in [3.63, 3.8) is 0 Å². The predicted octanol–water partition coefficient (Wildman–Crippen LogP) is 2.64. The fraction of sp³-hybridized carbons (Fsp3) is 0.684. The molecule has 1 amide bonds. The number of rotatable bonds is 6. The van der Waals surface area contributed by atoms with Crippen molar-refractivity contribution in [3.05, 3.63) is 30.1 Å². The van der Waals surface area contributed by atoms with Crippen LogP contribution in [-0.2, 0) is 20.9 Å². The lowest BCUT2D eigenvalue weighted by molar-refractivity contribution is -0.143. The Morgan fingerprint density at radius 1 is 1.20 bits per heavy atom. The molecule has 1 aromatic rings. The molecule has 5 nitrogen and oxygen atoms in total. The van der Waals surface area contributed by atoms with E-state index in [9.17, 15) is 4.79 Å². The summed E-state index contributed by atoms with van der Waals surface area (Å²) in [4.78, 5) is 18.2. The van der Waals surface area contributed by atoms with Gasteiger partial charge < -0.3 is 14.4 Å². The normalized spacial score (nSPS) is 25.4. The van der Waals surface area contributed by atoms with Crippen LogP contribution in [0.5, 0.6) is 0 Å². The molecule has 1 spiro atoms. The van der Waals surface area contributed by atoms with Gasteiger partial charge in [0.25, 0.3) is 0 Å². The fourth-order valence-corrected chi connectivity index (χ4v) is 5.54. The molecule has 2 saturated heterocycles. The molecule has 3 fully saturated rings. The van der Waals surface area contributed by atoms with Crippen molar-refractivity contribution in [2.45, 2.75) is 55.7 Å². The van der Waals surface area contributed by atoms with Crippen LogP contribution in [0.2, 0.25) is 0 Å². The molecule has 4 rings (SSSR count). The average Bonchev–Trinajstić information content (AvgIpc) is 3.27. The Morgan fingerprint density at radius 2 is 1.96 bits per heavy atom. The summed E-state index contributed by atoms with van der Waals surface area (Å²) in [6, 6.07) is 3.98. The number of ether oxygens (including phenoxy) is 2. The number of pyridine rings is 1. The van der Waals surface area contributed by atoms with Crippen molar-refractivity contribution in [2.75, 3.05) is 25.4 Å². The zero-order chi connectivity index (χ0) is 17.1. The number of nitrogens with zero attached hydrogens (tertiary/aromatic N) is 2. The van der Waals surface area contributed by atoms with Crippen molar-refractivity contribution in [1.29, 1.82) is 0 Å². The standard InChI is InChI=1S/C19H26N2O3S/c22-18(11-24-16-3-1-2-4-16)21-13-19(14-21)9-17(12-25-19)23-10-15-5-7-20-8-6-15/h5-8,16-17H,1-4,9-14H2/t17-/m1/s1. The van der Waals surface area contributed by atoms with E-state index in [1.54, 1.807) is 12.4 Å². The summed E-state index contributed by atoms with van der Waals surface area (Å²) in [5, 5.41) is 0. The fourth-order valence-electron chi connectivity index (χ4n) is 3.98. The van der Waals surface area contributed by atoms with Crippen LogP contribution in [0.25, 0.3) is 0 Å². The van der Waals surface area contributed by atoms with E-state index in [1.165, 1.54) is 12.8 Å². The van der Waals surface area contributed by atoms with Gasteiger partial charge in [0.2, 0.25) is 5.91 Å². The molecule has 3 heterocycles. The van der Waals surface area contributed by atoms with E-state index in [4.69, 9.17) is 9.47 Å². The van der Waals surface area contributed by atoms with Crippen LogP contribution < -0.4 is 0 Å². The Balaban J connectivity index is 1.17. The van der Waals surface area contributed by atoms with E-state index in [1.807, 2.05) is 28.8 Å². The highest BCUT2D eigenvalue weighted by Gasteiger charge is 2.50. The molecule has 1 atom stereocenters. The van der Waals surface area contributed by atoms with Crippen LogP contribution in [0, 0.1) is 0 Å². The van der Waals surface area contributed by atoms with Gasteiger partial charge in [-0.1, -0.05) is 12.8 Å². The summed E-state index contributed by atoms with van der Waals surface area (Å²) in [7, 11) is 0. The average molecular weight is 362 g/mol. The first-order chi connectivity index (χ1) is 12.2. The zero-order valence-electron chi connectivity index (χ0n) is 14.6. The highest BCUT2D eigenvalue weighted by atomic mass is 32.2. The lowest BCUT2D eigenvalue weighted by atomic mass is 9.93. The summed E-state index contributed by atoms with van der Waals surface area (Å²) < 4.78 is 12.0. The van der Waals surface area contributed by atoms with E-state index in [0.29, 0.717) is 12.7 Å². The molecule has 3 aliphatic rings. The van der Waals surface area contributed by atoms with Gasteiger partial charge in [-0.2, -0.15) is 0 Å². The molecular weight excluding hydrogens is 336 g/mol. The number of likely N-dealkylation sites (tertiary alicyclic amines) is 1. The smallest absolute Gasteiger partial charge is 0.248 e. The molecule has 2 aliphatic heterocycles. The van der Waals surface area contributed by atoms with Crippen molar-refractivity contribution in [3.8, 4) is 0 Å². The monoisotopic (exact) mass is 362 g/mol. The van der Waals surface area contributed by atoms with Gasteiger partial charge >= 0.3 is 0 Å². The van der Waals surface area contributed by atoms with Gasteiger partial charge in [0.1, 0.15) is 6.61 Å². The van der Waals surface area contributed by atoms with E-state index < -0.39 is 0 Å². The lowest BCUT2D eigenvalue weighted by Gasteiger charge is -2.47. The van der Waals surface area contributed by atoms with Crippen LogP contribution in [0.3, 0.4) is 0 Å². The molecule has 6 heteroatoms. The van der Waals surface area contributed by atoms with Crippen molar-refractivity contribution in [2.24, 2.45) is 0 Å². The van der Waals surface area contributed by atoms with Crippen LogP contribution in [0.4, 0.5) is 0 Å². The van der Waals surface area contributed by atoms with Crippen molar-refractivity contribution < 1.29 is 14.3 Å². The molecule has 0 radical (unpaired) electrons. The number of carbonyl (C=O) groups excluding carboxylic acids is 1. The minimum Gasteiger partial charge on any atom is -0.373 e. The number of thioether (sulfide) groups is 1. The third-order valence-electron chi connectivity index (χ3n) is 5.47. The van der Waals surface area contributed by atoms with Gasteiger partial charge in [-0.05, 0) is 37.0 Å². The van der Waals surface area contributed by atoms with Crippen LogP contribution >= 0.6 is 11.8 Å². The second-order valence-corrected chi connectivity index (χ2v) is 8.94. The minimum atomic E-state index is 0.152. The molecule has 0 unspecified atom stereocenters. The molecule has 1 aliphatic carbocycles. The summed E-state index contributed by atoms with van der Waals surface area (Å²) in [6.45, 7) is 2.59. The second-order valence-electron chi connectivity index (χ2n) is 7.45. The van der Waals surface area contributed by atoms with Gasteiger partial charge in [0.05, 0.1) is 23.6 Å². The van der Waals surface area contributed by atoms with E-state index in [0.717, 1.165) is 43.7 Å². The summed E-state index contributed by atoms with van der Waals surface area (Å²) in [6.07, 6.45) is 9.94. The number of aromatic nitrogens is 1. The zero-order valence-corrected chi connectivity index (χ0v) is 15.4. The summed E-state index contributed by atoms with van der Waals surface area (Å²) >= 11 is 1.97. The van der Waals surface area contributed by atoms with Gasteiger partial charge in [0.15, 0.2) is 0 Å². The summed E-state index contributed by atoms with van der Waals surface area (Å²) in [5.41, 5.74) is 1.16. The maximum atomic E-state index is 12.3. The predicted molar refractivity (Wildman–Crippen MR) is 97.4 cm³/mol. The Bertz CT molecular complexity index is 586. The maximum Gasteiger partial charge on any atom is 0.248 e.